The van der Waals surface area contributed by atoms with Crippen LogP contribution in [0.4, 0.5) is 5.82 Å². The molecule has 0 aliphatic carbocycles. The average molecular weight is 218 g/mol. The van der Waals surface area contributed by atoms with E-state index in [0.717, 1.165) is 6.42 Å². The van der Waals surface area contributed by atoms with Gasteiger partial charge in [-0.1, -0.05) is 13.0 Å². The number of tetrazole rings is 1. The van der Waals surface area contributed by atoms with E-state index in [4.69, 9.17) is 5.73 Å². The smallest absolute Gasteiger partial charge is 0.200 e. The number of rotatable bonds is 3. The second-order valence-electron chi connectivity index (χ2n) is 3.65. The van der Waals surface area contributed by atoms with E-state index in [1.165, 1.54) is 0 Å². The molecule has 2 N–H and O–H groups in total. The second-order valence-corrected chi connectivity index (χ2v) is 3.65. The van der Waals surface area contributed by atoms with Gasteiger partial charge in [0.1, 0.15) is 11.5 Å². The quantitative estimate of drug-likeness (QED) is 0.839. The molecule has 0 amide bonds. The van der Waals surface area contributed by atoms with Crippen molar-refractivity contribution in [1.82, 2.24) is 25.2 Å². The Hall–Kier alpha value is -1.98. The zero-order chi connectivity index (χ0) is 11.5. The van der Waals surface area contributed by atoms with Crippen molar-refractivity contribution in [1.29, 1.82) is 0 Å². The molecule has 0 bridgehead atoms. The monoisotopic (exact) mass is 218 g/mol. The minimum absolute atomic E-state index is 0.244. The third-order valence-corrected chi connectivity index (χ3v) is 2.50. The molecular weight excluding hydrogens is 204 g/mol. The van der Waals surface area contributed by atoms with Crippen LogP contribution in [0.2, 0.25) is 0 Å². The molecule has 0 aliphatic heterocycles. The third-order valence-electron chi connectivity index (χ3n) is 2.50. The molecule has 0 fully saturated rings. The summed E-state index contributed by atoms with van der Waals surface area (Å²) < 4.78 is 1.77. The Labute approximate surface area is 93.5 Å². The Morgan fingerprint density at radius 1 is 1.44 bits per heavy atom. The molecule has 16 heavy (non-hydrogen) atoms. The number of nitrogens with zero attached hydrogens (tertiary/aromatic N) is 5. The van der Waals surface area contributed by atoms with Gasteiger partial charge in [0.05, 0.1) is 6.04 Å². The van der Waals surface area contributed by atoms with Gasteiger partial charge in [-0.2, -0.15) is 0 Å². The van der Waals surface area contributed by atoms with E-state index in [1.54, 1.807) is 10.7 Å². The summed E-state index contributed by atoms with van der Waals surface area (Å²) in [5.74, 6) is 1.12. The zero-order valence-corrected chi connectivity index (χ0v) is 9.33. The van der Waals surface area contributed by atoms with Gasteiger partial charge in [-0.3, -0.25) is 0 Å². The lowest BCUT2D eigenvalue weighted by atomic mass is 10.2. The van der Waals surface area contributed by atoms with Crippen molar-refractivity contribution >= 4 is 5.82 Å². The molecule has 0 aliphatic rings. The third kappa shape index (κ3) is 1.86. The minimum atomic E-state index is 0.244. The molecule has 6 nitrogen and oxygen atoms in total. The normalized spacial score (nSPS) is 12.6. The van der Waals surface area contributed by atoms with Crippen molar-refractivity contribution in [2.45, 2.75) is 26.3 Å². The molecule has 2 aromatic rings. The van der Waals surface area contributed by atoms with Crippen LogP contribution in [0.25, 0.3) is 11.5 Å². The van der Waals surface area contributed by atoms with Crippen LogP contribution >= 0.6 is 0 Å². The first-order valence-corrected chi connectivity index (χ1v) is 5.23. The second kappa shape index (κ2) is 4.26. The molecule has 2 heterocycles. The summed E-state index contributed by atoms with van der Waals surface area (Å²) in [6.45, 7) is 4.15. The van der Waals surface area contributed by atoms with Gasteiger partial charge < -0.3 is 5.73 Å². The van der Waals surface area contributed by atoms with Crippen molar-refractivity contribution in [3.8, 4) is 11.5 Å². The molecule has 1 atom stereocenters. The standard InChI is InChI=1S/C10H14N6/c1-3-7(2)16-10(13-14-15-16)8-5-4-6-9(11)12-8/h4-7H,3H2,1-2H3,(H2,11,12)/t7-/m1/s1. The predicted octanol–water partition coefficient (Wildman–Crippen LogP) is 1.29. The van der Waals surface area contributed by atoms with Crippen molar-refractivity contribution < 1.29 is 0 Å². The van der Waals surface area contributed by atoms with Gasteiger partial charge in [-0.15, -0.1) is 5.10 Å². The van der Waals surface area contributed by atoms with Crippen LogP contribution in [0.3, 0.4) is 0 Å². The lowest BCUT2D eigenvalue weighted by Crippen LogP contribution is -2.08. The highest BCUT2D eigenvalue weighted by atomic mass is 15.5. The van der Waals surface area contributed by atoms with Crippen molar-refractivity contribution in [2.24, 2.45) is 0 Å². The lowest BCUT2D eigenvalue weighted by molar-refractivity contribution is 0.468. The highest BCUT2D eigenvalue weighted by molar-refractivity contribution is 5.51. The summed E-state index contributed by atoms with van der Waals surface area (Å²) >= 11 is 0. The van der Waals surface area contributed by atoms with E-state index in [0.29, 0.717) is 17.3 Å². The first kappa shape index (κ1) is 10.5. The zero-order valence-electron chi connectivity index (χ0n) is 9.33. The predicted molar refractivity (Wildman–Crippen MR) is 60.5 cm³/mol. The van der Waals surface area contributed by atoms with Crippen molar-refractivity contribution in [3.05, 3.63) is 18.2 Å². The van der Waals surface area contributed by atoms with Crippen LogP contribution in [0.15, 0.2) is 18.2 Å². The fraction of sp³-hybridized carbons (Fsp3) is 0.400. The Balaban J connectivity index is 2.44. The number of hydrogen-bond acceptors (Lipinski definition) is 5. The maximum atomic E-state index is 5.63. The molecule has 6 heteroatoms. The van der Waals surface area contributed by atoms with Crippen LogP contribution in [-0.2, 0) is 0 Å². The van der Waals surface area contributed by atoms with E-state index >= 15 is 0 Å². The van der Waals surface area contributed by atoms with Gasteiger partial charge in [0.25, 0.3) is 0 Å². The Kier molecular flexibility index (Phi) is 2.80. The topological polar surface area (TPSA) is 82.5 Å². The van der Waals surface area contributed by atoms with Crippen LogP contribution in [0, 0.1) is 0 Å². The number of nitrogen functional groups attached to an aromatic ring is 1. The summed E-state index contributed by atoms with van der Waals surface area (Å²) in [7, 11) is 0. The first-order valence-electron chi connectivity index (χ1n) is 5.23. The molecule has 0 aromatic carbocycles. The number of pyridine rings is 1. The maximum Gasteiger partial charge on any atom is 0.200 e. The molecular formula is C10H14N6. The van der Waals surface area contributed by atoms with Crippen molar-refractivity contribution in [3.63, 3.8) is 0 Å². The largest absolute Gasteiger partial charge is 0.384 e. The number of nitrogens with two attached hydrogens (primary N) is 1. The van der Waals surface area contributed by atoms with Gasteiger partial charge in [-0.05, 0) is 35.9 Å². The molecule has 2 rings (SSSR count). The summed E-state index contributed by atoms with van der Waals surface area (Å²) in [5, 5.41) is 11.6. The van der Waals surface area contributed by atoms with Gasteiger partial charge >= 0.3 is 0 Å². The van der Waals surface area contributed by atoms with Crippen LogP contribution in [0.5, 0.6) is 0 Å². The Morgan fingerprint density at radius 3 is 2.94 bits per heavy atom. The molecule has 0 radical (unpaired) electrons. The molecule has 0 saturated carbocycles. The van der Waals surface area contributed by atoms with Gasteiger partial charge in [0.15, 0.2) is 0 Å². The SMILES string of the molecule is CC[C@@H](C)n1nnnc1-c1cccc(N)n1. The fourth-order valence-electron chi connectivity index (χ4n) is 1.41. The average Bonchev–Trinajstić information content (AvgIpc) is 2.77. The fourth-order valence-corrected chi connectivity index (χ4v) is 1.41. The summed E-state index contributed by atoms with van der Waals surface area (Å²) in [4.78, 5) is 4.21. The molecule has 0 saturated heterocycles. The minimum Gasteiger partial charge on any atom is -0.384 e. The number of anilines is 1. The van der Waals surface area contributed by atoms with E-state index < -0.39 is 0 Å². The van der Waals surface area contributed by atoms with Crippen LogP contribution in [0.1, 0.15) is 26.3 Å². The van der Waals surface area contributed by atoms with Crippen LogP contribution in [-0.4, -0.2) is 25.2 Å². The van der Waals surface area contributed by atoms with E-state index in [1.807, 2.05) is 12.1 Å². The van der Waals surface area contributed by atoms with Crippen molar-refractivity contribution in [2.75, 3.05) is 5.73 Å². The Bertz CT molecular complexity index is 478. The number of aromatic nitrogens is 5. The van der Waals surface area contributed by atoms with E-state index in [9.17, 15) is 0 Å². The summed E-state index contributed by atoms with van der Waals surface area (Å²) in [5.41, 5.74) is 6.33. The summed E-state index contributed by atoms with van der Waals surface area (Å²) in [6.07, 6.45) is 0.959. The molecule has 84 valence electrons. The summed E-state index contributed by atoms with van der Waals surface area (Å²) in [6, 6.07) is 5.67. The molecule has 0 unspecified atom stereocenters. The van der Waals surface area contributed by atoms with Crippen LogP contribution < -0.4 is 5.73 Å². The van der Waals surface area contributed by atoms with Gasteiger partial charge in [0, 0.05) is 0 Å². The molecule has 0 spiro atoms. The Morgan fingerprint density at radius 2 is 2.25 bits per heavy atom. The lowest BCUT2D eigenvalue weighted by Gasteiger charge is -2.10. The van der Waals surface area contributed by atoms with Gasteiger partial charge in [-0.25, -0.2) is 9.67 Å². The van der Waals surface area contributed by atoms with Gasteiger partial charge in [0.2, 0.25) is 5.82 Å². The first-order chi connectivity index (χ1) is 7.72. The highest BCUT2D eigenvalue weighted by Crippen LogP contribution is 2.19. The van der Waals surface area contributed by atoms with E-state index in [2.05, 4.69) is 34.4 Å². The highest BCUT2D eigenvalue weighted by Gasteiger charge is 2.14. The molecule has 2 aromatic heterocycles. The maximum absolute atomic E-state index is 5.63. The van der Waals surface area contributed by atoms with E-state index in [-0.39, 0.29) is 6.04 Å². The number of hydrogen-bond donors (Lipinski definition) is 1.